The van der Waals surface area contributed by atoms with Gasteiger partial charge in [0.2, 0.25) is 0 Å². The highest BCUT2D eigenvalue weighted by molar-refractivity contribution is 6.74. The molecule has 0 saturated carbocycles. The SMILES string of the molecule is CC[Si](CC)(CC)O[C@@]1(C)C=CO[C@@H](C)[C@@H]1O[C@H]1C[C@@H](OC)[C@H](O[Si](C)(C)C(C)(C)C)[C@@H](C)O1. The molecular formula is C26H52O6Si2. The van der Waals surface area contributed by atoms with E-state index in [1.165, 1.54) is 0 Å². The zero-order chi connectivity index (χ0) is 25.9. The molecule has 2 aliphatic rings. The van der Waals surface area contributed by atoms with Gasteiger partial charge in [-0.2, -0.15) is 0 Å². The van der Waals surface area contributed by atoms with Crippen molar-refractivity contribution in [1.29, 1.82) is 0 Å². The Bertz CT molecular complexity index is 666. The molecule has 0 aromatic carbocycles. The van der Waals surface area contributed by atoms with Gasteiger partial charge in [-0.05, 0) is 63.1 Å². The standard InChI is InChI=1S/C26H52O6Si2/c1-13-34(14-2,15-3)32-26(9)16-17-28-20(5)24(26)30-22-18-21(27-10)23(19(4)29-22)31-33(11,12)25(6,7)8/h16-17,19-24H,13-15,18H2,1-12H3/t19-,20+,21-,22+,23-,24+,26+/m1/s1. The summed E-state index contributed by atoms with van der Waals surface area (Å²) in [5.74, 6) is 0. The van der Waals surface area contributed by atoms with Gasteiger partial charge in [-0.3, -0.25) is 0 Å². The van der Waals surface area contributed by atoms with Crippen LogP contribution < -0.4 is 0 Å². The van der Waals surface area contributed by atoms with Crippen LogP contribution in [-0.4, -0.2) is 66.2 Å². The second-order valence-electron chi connectivity index (χ2n) is 11.9. The van der Waals surface area contributed by atoms with Gasteiger partial charge in [0.15, 0.2) is 22.9 Å². The Hall–Kier alpha value is -0.226. The Morgan fingerprint density at radius 1 is 1.03 bits per heavy atom. The molecule has 0 aromatic heterocycles. The molecule has 0 amide bonds. The largest absolute Gasteiger partial charge is 0.496 e. The van der Waals surface area contributed by atoms with Gasteiger partial charge in [0.1, 0.15) is 17.8 Å². The van der Waals surface area contributed by atoms with E-state index in [2.05, 4.69) is 68.5 Å². The summed E-state index contributed by atoms with van der Waals surface area (Å²) < 4.78 is 38.6. The molecule has 0 aliphatic carbocycles. The van der Waals surface area contributed by atoms with E-state index in [-0.39, 0.29) is 35.6 Å². The first-order valence-corrected chi connectivity index (χ1v) is 18.7. The molecule has 2 aliphatic heterocycles. The molecule has 0 N–H and O–H groups in total. The van der Waals surface area contributed by atoms with Gasteiger partial charge in [-0.15, -0.1) is 0 Å². The summed E-state index contributed by atoms with van der Waals surface area (Å²) in [4.78, 5) is 0. The third kappa shape index (κ3) is 6.55. The van der Waals surface area contributed by atoms with E-state index in [9.17, 15) is 0 Å². The summed E-state index contributed by atoms with van der Waals surface area (Å²) >= 11 is 0. The Morgan fingerprint density at radius 3 is 2.12 bits per heavy atom. The van der Waals surface area contributed by atoms with Crippen LogP contribution in [0, 0.1) is 0 Å². The molecule has 34 heavy (non-hydrogen) atoms. The highest BCUT2D eigenvalue weighted by Crippen LogP contribution is 2.41. The van der Waals surface area contributed by atoms with Crippen molar-refractivity contribution in [3.05, 3.63) is 12.3 Å². The highest BCUT2D eigenvalue weighted by atomic mass is 28.4. The van der Waals surface area contributed by atoms with Gasteiger partial charge >= 0.3 is 0 Å². The molecule has 8 heteroatoms. The van der Waals surface area contributed by atoms with E-state index in [1.807, 2.05) is 13.0 Å². The molecule has 0 spiro atoms. The molecule has 6 nitrogen and oxygen atoms in total. The maximum atomic E-state index is 6.98. The second kappa shape index (κ2) is 11.4. The van der Waals surface area contributed by atoms with Crippen molar-refractivity contribution in [3.8, 4) is 0 Å². The summed E-state index contributed by atoms with van der Waals surface area (Å²) in [7, 11) is -2.09. The molecule has 0 unspecified atom stereocenters. The summed E-state index contributed by atoms with van der Waals surface area (Å²) in [5, 5.41) is 0.118. The lowest BCUT2D eigenvalue weighted by Gasteiger charge is -2.49. The first kappa shape index (κ1) is 30.0. The van der Waals surface area contributed by atoms with Gasteiger partial charge in [0.25, 0.3) is 0 Å². The molecule has 2 rings (SSSR count). The molecule has 0 aromatic rings. The van der Waals surface area contributed by atoms with Crippen LogP contribution in [0.2, 0.25) is 36.3 Å². The van der Waals surface area contributed by atoms with Crippen molar-refractivity contribution < 1.29 is 27.8 Å². The Labute approximate surface area is 211 Å². The highest BCUT2D eigenvalue weighted by Gasteiger charge is 2.50. The monoisotopic (exact) mass is 516 g/mol. The number of methoxy groups -OCH3 is 1. The zero-order valence-electron chi connectivity index (χ0n) is 23.9. The van der Waals surface area contributed by atoms with Gasteiger partial charge < -0.3 is 27.8 Å². The van der Waals surface area contributed by atoms with E-state index in [4.69, 9.17) is 27.8 Å². The van der Waals surface area contributed by atoms with Crippen LogP contribution in [0.5, 0.6) is 0 Å². The Balaban J connectivity index is 2.21. The molecule has 7 atom stereocenters. The third-order valence-corrected chi connectivity index (χ3v) is 17.7. The lowest BCUT2D eigenvalue weighted by molar-refractivity contribution is -0.285. The van der Waals surface area contributed by atoms with Crippen LogP contribution in [0.25, 0.3) is 0 Å². The molecule has 2 heterocycles. The average Bonchev–Trinajstić information content (AvgIpc) is 2.75. The van der Waals surface area contributed by atoms with Crippen molar-refractivity contribution in [2.75, 3.05) is 7.11 Å². The minimum atomic E-state index is -1.98. The van der Waals surface area contributed by atoms with Gasteiger partial charge in [0.05, 0.1) is 24.6 Å². The predicted molar refractivity (Wildman–Crippen MR) is 143 cm³/mol. The second-order valence-corrected chi connectivity index (χ2v) is 21.3. The minimum Gasteiger partial charge on any atom is -0.496 e. The molecule has 200 valence electrons. The average molecular weight is 517 g/mol. The zero-order valence-corrected chi connectivity index (χ0v) is 25.9. The van der Waals surface area contributed by atoms with E-state index >= 15 is 0 Å². The van der Waals surface area contributed by atoms with E-state index in [0.29, 0.717) is 6.42 Å². The number of hydrogen-bond acceptors (Lipinski definition) is 6. The maximum absolute atomic E-state index is 6.98. The normalized spacial score (nSPS) is 35.3. The molecule has 1 saturated heterocycles. The van der Waals surface area contributed by atoms with Crippen LogP contribution in [0.4, 0.5) is 0 Å². The van der Waals surface area contributed by atoms with E-state index in [0.717, 1.165) is 18.1 Å². The van der Waals surface area contributed by atoms with Gasteiger partial charge in [-0.1, -0.05) is 41.5 Å². The van der Waals surface area contributed by atoms with Crippen molar-refractivity contribution in [2.45, 2.75) is 147 Å². The molecular weight excluding hydrogens is 464 g/mol. The number of hydrogen-bond donors (Lipinski definition) is 0. The first-order chi connectivity index (χ1) is 15.7. The number of ether oxygens (including phenoxy) is 4. The lowest BCUT2D eigenvalue weighted by atomic mass is 9.93. The summed E-state index contributed by atoms with van der Waals surface area (Å²) in [6, 6.07) is 3.25. The maximum Gasteiger partial charge on any atom is 0.193 e. The van der Waals surface area contributed by atoms with E-state index in [1.54, 1.807) is 13.4 Å². The molecule has 0 bridgehead atoms. The Morgan fingerprint density at radius 2 is 1.62 bits per heavy atom. The van der Waals surface area contributed by atoms with Crippen LogP contribution in [-0.2, 0) is 27.8 Å². The first-order valence-electron chi connectivity index (χ1n) is 13.2. The van der Waals surface area contributed by atoms with Crippen LogP contribution in [0.3, 0.4) is 0 Å². The van der Waals surface area contributed by atoms with Crippen LogP contribution in [0.1, 0.15) is 68.7 Å². The van der Waals surface area contributed by atoms with Crippen LogP contribution in [0.15, 0.2) is 12.3 Å². The smallest absolute Gasteiger partial charge is 0.193 e. The van der Waals surface area contributed by atoms with E-state index < -0.39 is 28.5 Å². The fourth-order valence-electron chi connectivity index (χ4n) is 4.87. The summed E-state index contributed by atoms with van der Waals surface area (Å²) in [5.41, 5.74) is -0.560. The summed E-state index contributed by atoms with van der Waals surface area (Å²) in [6.07, 6.45) is 3.23. The van der Waals surface area contributed by atoms with Crippen molar-refractivity contribution >= 4 is 16.6 Å². The number of rotatable bonds is 10. The van der Waals surface area contributed by atoms with Crippen LogP contribution >= 0.6 is 0 Å². The fourth-order valence-corrected chi connectivity index (χ4v) is 9.30. The quantitative estimate of drug-likeness (QED) is 0.304. The minimum absolute atomic E-state index is 0.0965. The Kier molecular flexibility index (Phi) is 10.1. The van der Waals surface area contributed by atoms with Crippen molar-refractivity contribution in [1.82, 2.24) is 0 Å². The molecule has 0 radical (unpaired) electrons. The third-order valence-electron chi connectivity index (χ3n) is 8.51. The van der Waals surface area contributed by atoms with Crippen molar-refractivity contribution in [3.63, 3.8) is 0 Å². The fraction of sp³-hybridized carbons (Fsp3) is 0.923. The topological polar surface area (TPSA) is 55.4 Å². The summed E-state index contributed by atoms with van der Waals surface area (Å²) in [6.45, 7) is 24.3. The lowest BCUT2D eigenvalue weighted by Crippen LogP contribution is -2.60. The van der Waals surface area contributed by atoms with Gasteiger partial charge in [-0.25, -0.2) is 0 Å². The molecule has 1 fully saturated rings. The predicted octanol–water partition coefficient (Wildman–Crippen LogP) is 6.62. The van der Waals surface area contributed by atoms with Gasteiger partial charge in [0, 0.05) is 13.5 Å². The van der Waals surface area contributed by atoms with Crippen molar-refractivity contribution in [2.24, 2.45) is 0 Å².